The van der Waals surface area contributed by atoms with E-state index < -0.39 is 0 Å². The third kappa shape index (κ3) is 4.07. The maximum atomic E-state index is 10.3. The maximum Gasteiger partial charge on any atom is 0.0620 e. The Bertz CT molecular complexity index is 658. The summed E-state index contributed by atoms with van der Waals surface area (Å²) in [5.74, 6) is 5.23. The van der Waals surface area contributed by atoms with Crippen molar-refractivity contribution in [2.24, 2.45) is 52.3 Å². The Morgan fingerprint density at radius 2 is 1.68 bits per heavy atom. The number of aliphatic hydroxyl groups is 1. The smallest absolute Gasteiger partial charge is 0.0620 e. The van der Waals surface area contributed by atoms with Crippen LogP contribution in [-0.2, 0) is 4.74 Å². The van der Waals surface area contributed by atoms with E-state index in [0.717, 1.165) is 43.1 Å². The van der Waals surface area contributed by atoms with E-state index in [1.54, 1.807) is 5.57 Å². The van der Waals surface area contributed by atoms with Gasteiger partial charge in [0.1, 0.15) is 0 Å². The van der Waals surface area contributed by atoms with Crippen molar-refractivity contribution in [3.63, 3.8) is 0 Å². The van der Waals surface area contributed by atoms with Crippen molar-refractivity contribution < 1.29 is 9.84 Å². The fraction of sp³-hybridized carbons (Fsp3) is 0.931. The summed E-state index contributed by atoms with van der Waals surface area (Å²) in [5, 5.41) is 10.3. The number of aliphatic hydroxyl groups excluding tert-OH is 1. The number of hydrogen-bond donors (Lipinski definition) is 1. The molecule has 0 aromatic rings. The summed E-state index contributed by atoms with van der Waals surface area (Å²) in [6.45, 7) is 17.8. The first-order valence-electron chi connectivity index (χ1n) is 13.6. The maximum absolute atomic E-state index is 10.3. The SMILES string of the molecule is CC(C)C(OC[C@@H](C)C1CC[C@H]2[C@@H]3CC=C4C[C@@H](O)CC[C@]4(C)[C@H]3CC[C@]12C)C(C)C. The van der Waals surface area contributed by atoms with E-state index in [-0.39, 0.29) is 6.10 Å². The highest BCUT2D eigenvalue weighted by molar-refractivity contribution is 5.25. The van der Waals surface area contributed by atoms with Crippen molar-refractivity contribution in [2.75, 3.05) is 6.61 Å². The summed E-state index contributed by atoms with van der Waals surface area (Å²) in [5.41, 5.74) is 2.45. The van der Waals surface area contributed by atoms with Crippen LogP contribution in [0.1, 0.15) is 99.8 Å². The van der Waals surface area contributed by atoms with Gasteiger partial charge in [0.15, 0.2) is 0 Å². The molecule has 0 aromatic carbocycles. The third-order valence-electron chi connectivity index (χ3n) is 10.7. The average molecular weight is 431 g/mol. The topological polar surface area (TPSA) is 29.5 Å². The molecule has 8 atom stereocenters. The minimum Gasteiger partial charge on any atom is -0.393 e. The summed E-state index contributed by atoms with van der Waals surface area (Å²) < 4.78 is 6.53. The van der Waals surface area contributed by atoms with Crippen molar-refractivity contribution >= 4 is 0 Å². The highest BCUT2D eigenvalue weighted by Gasteiger charge is 2.59. The monoisotopic (exact) mass is 430 g/mol. The largest absolute Gasteiger partial charge is 0.393 e. The number of hydrogen-bond acceptors (Lipinski definition) is 2. The second kappa shape index (κ2) is 8.79. The molecule has 3 saturated carbocycles. The van der Waals surface area contributed by atoms with E-state index in [0.29, 0.717) is 34.7 Å². The second-order valence-corrected chi connectivity index (χ2v) is 13.1. The molecule has 0 saturated heterocycles. The van der Waals surface area contributed by atoms with Crippen LogP contribution < -0.4 is 0 Å². The molecular formula is C29H50O2. The summed E-state index contributed by atoms with van der Waals surface area (Å²) >= 11 is 0. The first kappa shape index (κ1) is 23.8. The van der Waals surface area contributed by atoms with Crippen molar-refractivity contribution in [2.45, 2.75) is 112 Å². The molecule has 31 heavy (non-hydrogen) atoms. The fourth-order valence-corrected chi connectivity index (χ4v) is 9.15. The Labute approximate surface area is 192 Å². The van der Waals surface area contributed by atoms with Gasteiger partial charge < -0.3 is 9.84 Å². The minimum absolute atomic E-state index is 0.0954. The summed E-state index contributed by atoms with van der Waals surface area (Å²) in [6.07, 6.45) is 12.9. The average Bonchev–Trinajstić information content (AvgIpc) is 3.05. The lowest BCUT2D eigenvalue weighted by molar-refractivity contribution is -0.0754. The van der Waals surface area contributed by atoms with Crippen LogP contribution in [0.3, 0.4) is 0 Å². The molecule has 4 aliphatic carbocycles. The van der Waals surface area contributed by atoms with E-state index in [9.17, 15) is 5.11 Å². The van der Waals surface area contributed by atoms with Gasteiger partial charge in [-0.1, -0.05) is 60.1 Å². The fourth-order valence-electron chi connectivity index (χ4n) is 9.15. The standard InChI is InChI=1S/C29H50O2/c1-18(2)27(19(3)4)31-17-20(5)24-10-11-25-23-9-8-21-16-22(30)12-14-28(21,6)26(23)13-15-29(24,25)7/h8,18-20,22-27,30H,9-17H2,1-7H3/t20-,22+,23+,24?,25+,26+,28+,29-/m1/s1. The van der Waals surface area contributed by atoms with Gasteiger partial charge in [0.2, 0.25) is 0 Å². The van der Waals surface area contributed by atoms with Crippen LogP contribution >= 0.6 is 0 Å². The lowest BCUT2D eigenvalue weighted by atomic mass is 9.47. The highest BCUT2D eigenvalue weighted by Crippen LogP contribution is 2.67. The van der Waals surface area contributed by atoms with Crippen LogP contribution in [0.2, 0.25) is 0 Å². The summed E-state index contributed by atoms with van der Waals surface area (Å²) in [7, 11) is 0. The first-order valence-corrected chi connectivity index (χ1v) is 13.6. The molecule has 178 valence electrons. The molecule has 0 radical (unpaired) electrons. The number of rotatable bonds is 6. The molecule has 0 amide bonds. The van der Waals surface area contributed by atoms with E-state index in [4.69, 9.17) is 4.74 Å². The van der Waals surface area contributed by atoms with Crippen LogP contribution in [0, 0.1) is 52.3 Å². The van der Waals surface area contributed by atoms with E-state index in [2.05, 4.69) is 54.5 Å². The molecular weight excluding hydrogens is 380 g/mol. The van der Waals surface area contributed by atoms with E-state index in [1.807, 2.05) is 0 Å². The summed E-state index contributed by atoms with van der Waals surface area (Å²) in [6, 6.07) is 0. The third-order valence-corrected chi connectivity index (χ3v) is 10.7. The van der Waals surface area contributed by atoms with Gasteiger partial charge in [-0.15, -0.1) is 0 Å². The zero-order valence-corrected chi connectivity index (χ0v) is 21.5. The van der Waals surface area contributed by atoms with Gasteiger partial charge in [0.25, 0.3) is 0 Å². The molecule has 4 rings (SSSR count). The molecule has 0 spiro atoms. The predicted molar refractivity (Wildman–Crippen MR) is 130 cm³/mol. The molecule has 4 aliphatic rings. The molecule has 1 N–H and O–H groups in total. The van der Waals surface area contributed by atoms with Gasteiger partial charge in [-0.05, 0) is 104 Å². The number of fused-ring (bicyclic) bond motifs is 5. The van der Waals surface area contributed by atoms with Crippen molar-refractivity contribution in [3.05, 3.63) is 11.6 Å². The van der Waals surface area contributed by atoms with Crippen LogP contribution in [-0.4, -0.2) is 23.9 Å². The van der Waals surface area contributed by atoms with Gasteiger partial charge in [0.05, 0.1) is 12.2 Å². The Hall–Kier alpha value is -0.340. The molecule has 0 aliphatic heterocycles. The lowest BCUT2D eigenvalue weighted by Crippen LogP contribution is -2.51. The predicted octanol–water partition coefficient (Wildman–Crippen LogP) is 7.26. The van der Waals surface area contributed by atoms with E-state index in [1.165, 1.54) is 38.5 Å². The molecule has 2 heteroatoms. The molecule has 0 bridgehead atoms. The Morgan fingerprint density at radius 1 is 0.968 bits per heavy atom. The van der Waals surface area contributed by atoms with Gasteiger partial charge in [-0.25, -0.2) is 0 Å². The normalized spacial score (nSPS) is 43.6. The zero-order valence-electron chi connectivity index (χ0n) is 21.5. The van der Waals surface area contributed by atoms with Gasteiger partial charge >= 0.3 is 0 Å². The van der Waals surface area contributed by atoms with Crippen LogP contribution in [0.15, 0.2) is 11.6 Å². The molecule has 0 aromatic heterocycles. The van der Waals surface area contributed by atoms with Crippen molar-refractivity contribution in [1.29, 1.82) is 0 Å². The Kier molecular flexibility index (Phi) is 6.75. The van der Waals surface area contributed by atoms with E-state index >= 15 is 0 Å². The van der Waals surface area contributed by atoms with Gasteiger partial charge in [-0.2, -0.15) is 0 Å². The molecule has 1 unspecified atom stereocenters. The van der Waals surface area contributed by atoms with Crippen LogP contribution in [0.25, 0.3) is 0 Å². The Morgan fingerprint density at radius 3 is 2.35 bits per heavy atom. The second-order valence-electron chi connectivity index (χ2n) is 13.1. The molecule has 3 fully saturated rings. The zero-order chi connectivity index (χ0) is 22.6. The summed E-state index contributed by atoms with van der Waals surface area (Å²) in [4.78, 5) is 0. The number of ether oxygens (including phenoxy) is 1. The highest BCUT2D eigenvalue weighted by atomic mass is 16.5. The molecule has 0 heterocycles. The number of allylic oxidation sites excluding steroid dienone is 1. The first-order chi connectivity index (χ1) is 14.6. The van der Waals surface area contributed by atoms with Gasteiger partial charge in [-0.3, -0.25) is 0 Å². The lowest BCUT2D eigenvalue weighted by Gasteiger charge is -2.58. The van der Waals surface area contributed by atoms with Crippen molar-refractivity contribution in [3.8, 4) is 0 Å². The van der Waals surface area contributed by atoms with Gasteiger partial charge in [0, 0.05) is 6.61 Å². The van der Waals surface area contributed by atoms with Crippen LogP contribution in [0.4, 0.5) is 0 Å². The Balaban J connectivity index is 1.47. The van der Waals surface area contributed by atoms with Crippen LogP contribution in [0.5, 0.6) is 0 Å². The van der Waals surface area contributed by atoms with Crippen molar-refractivity contribution in [1.82, 2.24) is 0 Å². The molecule has 2 nitrogen and oxygen atoms in total. The minimum atomic E-state index is -0.0954. The quantitative estimate of drug-likeness (QED) is 0.449.